The molecule has 0 fully saturated rings. The number of benzene rings is 2. The molecule has 1 unspecified atom stereocenters. The van der Waals surface area contributed by atoms with Crippen molar-refractivity contribution in [2.45, 2.75) is 19.4 Å². The molecule has 0 saturated carbocycles. The van der Waals surface area contributed by atoms with E-state index in [1.165, 1.54) is 16.7 Å². The molecule has 0 amide bonds. The maximum Gasteiger partial charge on any atom is 0.118 e. The molecule has 100 valence electrons. The van der Waals surface area contributed by atoms with Crippen molar-refractivity contribution in [3.05, 3.63) is 65.2 Å². The molecule has 2 aromatic rings. The highest BCUT2D eigenvalue weighted by atomic mass is 16.5. The first-order valence-electron chi connectivity index (χ1n) is 6.45. The van der Waals surface area contributed by atoms with Crippen molar-refractivity contribution < 1.29 is 9.47 Å². The molecular weight excluding hydrogens is 236 g/mol. The Morgan fingerprint density at radius 1 is 0.895 bits per heavy atom. The zero-order chi connectivity index (χ0) is 13.7. The smallest absolute Gasteiger partial charge is 0.118 e. The van der Waals surface area contributed by atoms with Crippen LogP contribution in [0.5, 0.6) is 5.75 Å². The van der Waals surface area contributed by atoms with E-state index in [4.69, 9.17) is 9.47 Å². The van der Waals surface area contributed by atoms with E-state index in [1.807, 2.05) is 12.1 Å². The number of methoxy groups -OCH3 is 2. The van der Waals surface area contributed by atoms with E-state index < -0.39 is 0 Å². The minimum Gasteiger partial charge on any atom is -0.497 e. The van der Waals surface area contributed by atoms with Crippen LogP contribution < -0.4 is 4.74 Å². The SMILES string of the molecule is COc1ccc(C(Cc2ccc(C)cc2)OC)cc1. The van der Waals surface area contributed by atoms with Crippen LogP contribution in [-0.4, -0.2) is 14.2 Å². The van der Waals surface area contributed by atoms with E-state index in [1.54, 1.807) is 14.2 Å². The van der Waals surface area contributed by atoms with Gasteiger partial charge >= 0.3 is 0 Å². The fraction of sp³-hybridized carbons (Fsp3) is 0.294. The predicted molar refractivity (Wildman–Crippen MR) is 77.6 cm³/mol. The molecule has 2 aromatic carbocycles. The molecule has 2 rings (SSSR count). The lowest BCUT2D eigenvalue weighted by Crippen LogP contribution is -2.05. The van der Waals surface area contributed by atoms with E-state index in [0.29, 0.717) is 0 Å². The summed E-state index contributed by atoms with van der Waals surface area (Å²) >= 11 is 0. The molecular formula is C17H20O2. The molecule has 0 spiro atoms. The monoisotopic (exact) mass is 256 g/mol. The quantitative estimate of drug-likeness (QED) is 0.807. The van der Waals surface area contributed by atoms with Crippen LogP contribution >= 0.6 is 0 Å². The van der Waals surface area contributed by atoms with Crippen molar-refractivity contribution in [1.82, 2.24) is 0 Å². The molecule has 19 heavy (non-hydrogen) atoms. The molecule has 2 heteroatoms. The number of ether oxygens (including phenoxy) is 2. The Hall–Kier alpha value is -1.80. The van der Waals surface area contributed by atoms with Gasteiger partial charge in [-0.25, -0.2) is 0 Å². The third kappa shape index (κ3) is 3.58. The lowest BCUT2D eigenvalue weighted by atomic mass is 10.0. The Balaban J connectivity index is 2.12. The van der Waals surface area contributed by atoms with Gasteiger partial charge in [-0.3, -0.25) is 0 Å². The Kier molecular flexibility index (Phi) is 4.58. The molecule has 0 N–H and O–H groups in total. The average Bonchev–Trinajstić information content (AvgIpc) is 2.47. The summed E-state index contributed by atoms with van der Waals surface area (Å²) in [5, 5.41) is 0. The van der Waals surface area contributed by atoms with Gasteiger partial charge in [0.25, 0.3) is 0 Å². The first-order chi connectivity index (χ1) is 9.22. The number of hydrogen-bond acceptors (Lipinski definition) is 2. The number of rotatable bonds is 5. The van der Waals surface area contributed by atoms with Gasteiger partial charge < -0.3 is 9.47 Å². The highest BCUT2D eigenvalue weighted by Crippen LogP contribution is 2.24. The summed E-state index contributed by atoms with van der Waals surface area (Å²) in [5.74, 6) is 0.869. The first-order valence-corrected chi connectivity index (χ1v) is 6.45. The van der Waals surface area contributed by atoms with E-state index in [-0.39, 0.29) is 6.10 Å². The molecule has 0 saturated heterocycles. The van der Waals surface area contributed by atoms with Gasteiger partial charge in [0.1, 0.15) is 5.75 Å². The van der Waals surface area contributed by atoms with Crippen molar-refractivity contribution in [2.75, 3.05) is 14.2 Å². The summed E-state index contributed by atoms with van der Waals surface area (Å²) in [5.41, 5.74) is 3.74. The van der Waals surface area contributed by atoms with Crippen LogP contribution in [0.1, 0.15) is 22.8 Å². The van der Waals surface area contributed by atoms with Crippen LogP contribution in [0.2, 0.25) is 0 Å². The summed E-state index contributed by atoms with van der Waals surface area (Å²) in [7, 11) is 3.43. The van der Waals surface area contributed by atoms with Crippen molar-refractivity contribution in [2.24, 2.45) is 0 Å². The van der Waals surface area contributed by atoms with Crippen LogP contribution in [-0.2, 0) is 11.2 Å². The van der Waals surface area contributed by atoms with Gasteiger partial charge in [0, 0.05) is 13.5 Å². The molecule has 0 aliphatic heterocycles. The van der Waals surface area contributed by atoms with Crippen LogP contribution in [0, 0.1) is 6.92 Å². The molecule has 0 heterocycles. The molecule has 0 aromatic heterocycles. The molecule has 2 nitrogen and oxygen atoms in total. The molecule has 0 aliphatic rings. The Bertz CT molecular complexity index is 500. The van der Waals surface area contributed by atoms with E-state index in [0.717, 1.165) is 12.2 Å². The highest BCUT2D eigenvalue weighted by Gasteiger charge is 2.11. The van der Waals surface area contributed by atoms with Gasteiger partial charge in [-0.15, -0.1) is 0 Å². The Labute approximate surface area is 115 Å². The lowest BCUT2D eigenvalue weighted by molar-refractivity contribution is 0.103. The second-order valence-electron chi connectivity index (χ2n) is 4.69. The van der Waals surface area contributed by atoms with Crippen molar-refractivity contribution in [3.63, 3.8) is 0 Å². The third-order valence-corrected chi connectivity index (χ3v) is 3.31. The third-order valence-electron chi connectivity index (χ3n) is 3.31. The average molecular weight is 256 g/mol. The Morgan fingerprint density at radius 2 is 1.53 bits per heavy atom. The molecule has 1 atom stereocenters. The van der Waals surface area contributed by atoms with Gasteiger partial charge in [0.2, 0.25) is 0 Å². The zero-order valence-electron chi connectivity index (χ0n) is 11.7. The number of aryl methyl sites for hydroxylation is 1. The predicted octanol–water partition coefficient (Wildman–Crippen LogP) is 3.93. The van der Waals surface area contributed by atoms with Crippen LogP contribution in [0.25, 0.3) is 0 Å². The second-order valence-corrected chi connectivity index (χ2v) is 4.69. The van der Waals surface area contributed by atoms with Gasteiger partial charge in [-0.05, 0) is 30.2 Å². The normalized spacial score (nSPS) is 12.2. The fourth-order valence-corrected chi connectivity index (χ4v) is 2.09. The standard InChI is InChI=1S/C17H20O2/c1-13-4-6-14(7-5-13)12-17(19-3)15-8-10-16(18-2)11-9-15/h4-11,17H,12H2,1-3H3. The number of hydrogen-bond donors (Lipinski definition) is 0. The van der Waals surface area contributed by atoms with Crippen molar-refractivity contribution in [1.29, 1.82) is 0 Å². The fourth-order valence-electron chi connectivity index (χ4n) is 2.09. The van der Waals surface area contributed by atoms with Gasteiger partial charge in [0.15, 0.2) is 0 Å². The summed E-state index contributed by atoms with van der Waals surface area (Å²) in [6.45, 7) is 2.10. The maximum atomic E-state index is 5.60. The summed E-state index contributed by atoms with van der Waals surface area (Å²) in [4.78, 5) is 0. The Morgan fingerprint density at radius 3 is 2.05 bits per heavy atom. The van der Waals surface area contributed by atoms with E-state index >= 15 is 0 Å². The molecule has 0 bridgehead atoms. The zero-order valence-corrected chi connectivity index (χ0v) is 11.7. The van der Waals surface area contributed by atoms with Crippen molar-refractivity contribution in [3.8, 4) is 5.75 Å². The summed E-state index contributed by atoms with van der Waals surface area (Å²) in [6.07, 6.45) is 0.956. The van der Waals surface area contributed by atoms with Gasteiger partial charge in [-0.2, -0.15) is 0 Å². The maximum absolute atomic E-state index is 5.60. The largest absolute Gasteiger partial charge is 0.497 e. The second kappa shape index (κ2) is 6.39. The van der Waals surface area contributed by atoms with E-state index in [9.17, 15) is 0 Å². The minimum absolute atomic E-state index is 0.0774. The summed E-state index contributed by atoms with van der Waals surface area (Å²) in [6, 6.07) is 16.6. The first kappa shape index (κ1) is 13.6. The van der Waals surface area contributed by atoms with Crippen LogP contribution in [0.4, 0.5) is 0 Å². The van der Waals surface area contributed by atoms with Crippen LogP contribution in [0.3, 0.4) is 0 Å². The van der Waals surface area contributed by atoms with Gasteiger partial charge in [0.05, 0.1) is 13.2 Å². The molecule has 0 radical (unpaired) electrons. The topological polar surface area (TPSA) is 18.5 Å². The minimum atomic E-state index is 0.0774. The lowest BCUT2D eigenvalue weighted by Gasteiger charge is -2.16. The summed E-state index contributed by atoms with van der Waals surface area (Å²) < 4.78 is 10.8. The van der Waals surface area contributed by atoms with Crippen molar-refractivity contribution >= 4 is 0 Å². The highest BCUT2D eigenvalue weighted by molar-refractivity contribution is 5.30. The molecule has 0 aliphatic carbocycles. The van der Waals surface area contributed by atoms with Gasteiger partial charge in [-0.1, -0.05) is 42.0 Å². The van der Waals surface area contributed by atoms with Crippen LogP contribution in [0.15, 0.2) is 48.5 Å². The van der Waals surface area contributed by atoms with E-state index in [2.05, 4.69) is 43.3 Å².